The van der Waals surface area contributed by atoms with Crippen molar-refractivity contribution in [1.29, 1.82) is 0 Å². The van der Waals surface area contributed by atoms with Crippen molar-refractivity contribution in [2.24, 2.45) is 5.84 Å². The molecular weight excluding hydrogens is 234 g/mol. The number of nitrogens with zero attached hydrogens (tertiary/aromatic N) is 1. The molecule has 1 heterocycles. The highest BCUT2D eigenvalue weighted by molar-refractivity contribution is 5.32. The van der Waals surface area contributed by atoms with Crippen LogP contribution in [-0.2, 0) is 6.42 Å². The minimum atomic E-state index is 0.169. The smallest absolute Gasteiger partial charge is 0.0466 e. The van der Waals surface area contributed by atoms with Gasteiger partial charge in [0.25, 0.3) is 0 Å². The van der Waals surface area contributed by atoms with Crippen molar-refractivity contribution in [1.82, 2.24) is 10.4 Å². The second-order valence-corrected chi connectivity index (χ2v) is 4.94. The van der Waals surface area contributed by atoms with E-state index >= 15 is 0 Å². The number of nitrogens with one attached hydrogen (secondary N) is 1. The van der Waals surface area contributed by atoms with Gasteiger partial charge < -0.3 is 0 Å². The molecule has 0 saturated carbocycles. The van der Waals surface area contributed by atoms with Crippen molar-refractivity contribution in [2.45, 2.75) is 32.7 Å². The number of hydrazine groups is 1. The van der Waals surface area contributed by atoms with E-state index in [9.17, 15) is 0 Å². The third-order valence-corrected chi connectivity index (χ3v) is 3.42. The molecule has 0 aliphatic carbocycles. The second-order valence-electron chi connectivity index (χ2n) is 4.94. The molecule has 0 saturated heterocycles. The average molecular weight is 255 g/mol. The first-order valence-corrected chi connectivity index (χ1v) is 6.64. The highest BCUT2D eigenvalue weighted by Crippen LogP contribution is 2.22. The van der Waals surface area contributed by atoms with Gasteiger partial charge in [-0.15, -0.1) is 0 Å². The molecule has 1 aromatic carbocycles. The molecule has 19 heavy (non-hydrogen) atoms. The first-order chi connectivity index (χ1) is 9.20. The van der Waals surface area contributed by atoms with Crippen LogP contribution in [0.25, 0.3) is 0 Å². The average Bonchev–Trinajstić information content (AvgIpc) is 2.42. The first kappa shape index (κ1) is 13.7. The molecule has 0 aliphatic rings. The van der Waals surface area contributed by atoms with E-state index in [-0.39, 0.29) is 6.04 Å². The van der Waals surface area contributed by atoms with Crippen molar-refractivity contribution in [3.05, 3.63) is 65.0 Å². The van der Waals surface area contributed by atoms with E-state index in [0.717, 1.165) is 18.5 Å². The molecule has 0 radical (unpaired) electrons. The van der Waals surface area contributed by atoms with Crippen molar-refractivity contribution < 1.29 is 0 Å². The summed E-state index contributed by atoms with van der Waals surface area (Å²) in [6.45, 7) is 4.24. The van der Waals surface area contributed by atoms with E-state index in [1.807, 2.05) is 18.3 Å². The van der Waals surface area contributed by atoms with E-state index < -0.39 is 0 Å². The Morgan fingerprint density at radius 1 is 1.21 bits per heavy atom. The summed E-state index contributed by atoms with van der Waals surface area (Å²) in [6.07, 6.45) is 3.69. The highest BCUT2D eigenvalue weighted by atomic mass is 15.2. The topological polar surface area (TPSA) is 50.9 Å². The zero-order valence-electron chi connectivity index (χ0n) is 11.6. The molecule has 0 aliphatic heterocycles. The van der Waals surface area contributed by atoms with Crippen molar-refractivity contribution >= 4 is 0 Å². The molecule has 2 aromatic rings. The number of rotatable bonds is 5. The Morgan fingerprint density at radius 3 is 2.68 bits per heavy atom. The van der Waals surface area contributed by atoms with Gasteiger partial charge in [-0.1, -0.05) is 29.8 Å². The minimum absolute atomic E-state index is 0.169. The lowest BCUT2D eigenvalue weighted by Crippen LogP contribution is -2.29. The molecule has 1 unspecified atom stereocenters. The summed E-state index contributed by atoms with van der Waals surface area (Å²) in [5.41, 5.74) is 7.85. The second kappa shape index (κ2) is 6.45. The molecule has 3 N–H and O–H groups in total. The Labute approximate surface area is 114 Å². The Hall–Kier alpha value is -1.71. The minimum Gasteiger partial charge on any atom is -0.271 e. The first-order valence-electron chi connectivity index (χ1n) is 6.64. The largest absolute Gasteiger partial charge is 0.271 e. The van der Waals surface area contributed by atoms with Gasteiger partial charge in [0.2, 0.25) is 0 Å². The molecule has 0 fully saturated rings. The van der Waals surface area contributed by atoms with Crippen molar-refractivity contribution in [2.75, 3.05) is 0 Å². The van der Waals surface area contributed by atoms with Gasteiger partial charge in [-0.2, -0.15) is 0 Å². The lowest BCUT2D eigenvalue weighted by Gasteiger charge is -2.18. The maximum atomic E-state index is 5.71. The van der Waals surface area contributed by atoms with Gasteiger partial charge in [-0.25, -0.2) is 0 Å². The Balaban J connectivity index is 2.08. The Morgan fingerprint density at radius 2 is 2.05 bits per heavy atom. The van der Waals surface area contributed by atoms with Crippen LogP contribution >= 0.6 is 0 Å². The summed E-state index contributed by atoms with van der Waals surface area (Å²) >= 11 is 0. The molecule has 0 amide bonds. The molecule has 3 heteroatoms. The van der Waals surface area contributed by atoms with Crippen LogP contribution in [0, 0.1) is 13.8 Å². The van der Waals surface area contributed by atoms with Crippen LogP contribution in [0.3, 0.4) is 0 Å². The fourth-order valence-corrected chi connectivity index (χ4v) is 2.38. The predicted molar refractivity (Wildman–Crippen MR) is 78.5 cm³/mol. The van der Waals surface area contributed by atoms with E-state index in [1.54, 1.807) is 0 Å². The third-order valence-electron chi connectivity index (χ3n) is 3.42. The lowest BCUT2D eigenvalue weighted by molar-refractivity contribution is 0.511. The summed E-state index contributed by atoms with van der Waals surface area (Å²) in [5.74, 6) is 5.71. The summed E-state index contributed by atoms with van der Waals surface area (Å²) in [7, 11) is 0. The molecule has 2 rings (SSSR count). The van der Waals surface area contributed by atoms with Crippen LogP contribution in [0.15, 0.2) is 42.6 Å². The maximum Gasteiger partial charge on any atom is 0.0466 e. The highest BCUT2D eigenvalue weighted by Gasteiger charge is 2.12. The summed E-state index contributed by atoms with van der Waals surface area (Å²) in [5, 5.41) is 0. The maximum absolute atomic E-state index is 5.71. The lowest BCUT2D eigenvalue weighted by atomic mass is 9.96. The van der Waals surface area contributed by atoms with E-state index in [1.165, 1.54) is 16.7 Å². The van der Waals surface area contributed by atoms with Crippen LogP contribution in [0.2, 0.25) is 0 Å². The number of aryl methyl sites for hydroxylation is 3. The number of hydrogen-bond acceptors (Lipinski definition) is 3. The molecule has 1 atom stereocenters. The molecule has 100 valence electrons. The van der Waals surface area contributed by atoms with Crippen LogP contribution in [0.1, 0.15) is 34.8 Å². The van der Waals surface area contributed by atoms with E-state index in [4.69, 9.17) is 5.84 Å². The van der Waals surface area contributed by atoms with Crippen LogP contribution in [-0.4, -0.2) is 4.98 Å². The van der Waals surface area contributed by atoms with Gasteiger partial charge in [-0.3, -0.25) is 16.3 Å². The summed E-state index contributed by atoms with van der Waals surface area (Å²) in [6, 6.07) is 12.7. The van der Waals surface area contributed by atoms with Gasteiger partial charge in [0.15, 0.2) is 0 Å². The van der Waals surface area contributed by atoms with Gasteiger partial charge in [0.1, 0.15) is 0 Å². The summed E-state index contributed by atoms with van der Waals surface area (Å²) < 4.78 is 0. The van der Waals surface area contributed by atoms with E-state index in [0.29, 0.717) is 0 Å². The Kier molecular flexibility index (Phi) is 4.66. The van der Waals surface area contributed by atoms with Gasteiger partial charge in [0.05, 0.1) is 0 Å². The fraction of sp³-hybridized carbons (Fsp3) is 0.312. The molecule has 3 nitrogen and oxygen atoms in total. The summed E-state index contributed by atoms with van der Waals surface area (Å²) in [4.78, 5) is 4.35. The standard InChI is InChI=1S/C16H21N3/c1-12-6-8-15(13(2)11-12)16(19-17)9-7-14-5-3-4-10-18-14/h3-6,8,10-11,16,19H,7,9,17H2,1-2H3. The zero-order valence-corrected chi connectivity index (χ0v) is 11.6. The Bertz CT molecular complexity index is 523. The van der Waals surface area contributed by atoms with Gasteiger partial charge >= 0.3 is 0 Å². The number of nitrogens with two attached hydrogens (primary N) is 1. The molecule has 0 spiro atoms. The molecular formula is C16H21N3. The monoisotopic (exact) mass is 255 g/mol. The SMILES string of the molecule is Cc1ccc(C(CCc2ccccn2)NN)c(C)c1. The van der Waals surface area contributed by atoms with Crippen molar-refractivity contribution in [3.63, 3.8) is 0 Å². The van der Waals surface area contributed by atoms with Gasteiger partial charge in [-0.05, 0) is 49.9 Å². The number of aromatic nitrogens is 1. The number of hydrogen-bond donors (Lipinski definition) is 2. The van der Waals surface area contributed by atoms with Crippen LogP contribution in [0.5, 0.6) is 0 Å². The van der Waals surface area contributed by atoms with Gasteiger partial charge in [0, 0.05) is 17.9 Å². The quantitative estimate of drug-likeness (QED) is 0.638. The fourth-order valence-electron chi connectivity index (χ4n) is 2.38. The van der Waals surface area contributed by atoms with E-state index in [2.05, 4.69) is 48.5 Å². The normalized spacial score (nSPS) is 12.4. The van der Waals surface area contributed by atoms with Crippen LogP contribution in [0.4, 0.5) is 0 Å². The number of benzene rings is 1. The third kappa shape index (κ3) is 3.63. The van der Waals surface area contributed by atoms with Crippen molar-refractivity contribution in [3.8, 4) is 0 Å². The molecule has 1 aromatic heterocycles. The molecule has 0 bridgehead atoms. The van der Waals surface area contributed by atoms with Crippen LogP contribution < -0.4 is 11.3 Å². The zero-order chi connectivity index (χ0) is 13.7. The number of pyridine rings is 1. The predicted octanol–water partition coefficient (Wildman–Crippen LogP) is 2.84.